The molecule has 0 atom stereocenters. The van der Waals surface area contributed by atoms with Crippen LogP contribution in [0.2, 0.25) is 0 Å². The standard InChI is InChI=1S/C12H22N2O3/c1-4-12(13,5-2)9-16-7-10-6-11(8-15-3)17-14-10/h6H,4-5,7-9,13H2,1-3H3. The summed E-state index contributed by atoms with van der Waals surface area (Å²) in [5.74, 6) is 0.705. The molecule has 98 valence electrons. The van der Waals surface area contributed by atoms with E-state index >= 15 is 0 Å². The number of ether oxygens (including phenoxy) is 2. The quantitative estimate of drug-likeness (QED) is 0.753. The lowest BCUT2D eigenvalue weighted by Gasteiger charge is -2.25. The molecule has 0 aliphatic heterocycles. The van der Waals surface area contributed by atoms with Crippen molar-refractivity contribution in [2.24, 2.45) is 5.73 Å². The fraction of sp³-hybridized carbons (Fsp3) is 0.750. The lowest BCUT2D eigenvalue weighted by Crippen LogP contribution is -2.43. The van der Waals surface area contributed by atoms with Crippen molar-refractivity contribution in [3.05, 3.63) is 17.5 Å². The van der Waals surface area contributed by atoms with E-state index in [1.54, 1.807) is 7.11 Å². The molecule has 0 aliphatic carbocycles. The smallest absolute Gasteiger partial charge is 0.162 e. The van der Waals surface area contributed by atoms with E-state index in [0.29, 0.717) is 25.6 Å². The number of rotatable bonds is 8. The SMILES string of the molecule is CCC(N)(CC)COCc1cc(COC)on1. The number of nitrogens with two attached hydrogens (primary N) is 1. The highest BCUT2D eigenvalue weighted by atomic mass is 16.5. The van der Waals surface area contributed by atoms with Gasteiger partial charge >= 0.3 is 0 Å². The van der Waals surface area contributed by atoms with E-state index in [4.69, 9.17) is 19.7 Å². The average Bonchev–Trinajstić information content (AvgIpc) is 2.77. The molecule has 1 heterocycles. The van der Waals surface area contributed by atoms with Crippen molar-refractivity contribution >= 4 is 0 Å². The molecule has 5 nitrogen and oxygen atoms in total. The van der Waals surface area contributed by atoms with Crippen molar-refractivity contribution < 1.29 is 14.0 Å². The molecule has 0 saturated heterocycles. The lowest BCUT2D eigenvalue weighted by molar-refractivity contribution is 0.0661. The van der Waals surface area contributed by atoms with E-state index < -0.39 is 0 Å². The van der Waals surface area contributed by atoms with Gasteiger partial charge in [-0.1, -0.05) is 19.0 Å². The van der Waals surface area contributed by atoms with Gasteiger partial charge in [0.1, 0.15) is 12.3 Å². The third-order valence-corrected chi connectivity index (χ3v) is 2.94. The second kappa shape index (κ2) is 6.74. The largest absolute Gasteiger partial charge is 0.377 e. The first-order chi connectivity index (χ1) is 8.13. The first kappa shape index (κ1) is 14.2. The molecule has 2 N–H and O–H groups in total. The van der Waals surface area contributed by atoms with Crippen molar-refractivity contribution in [1.29, 1.82) is 0 Å². The Labute approximate surface area is 102 Å². The minimum Gasteiger partial charge on any atom is -0.377 e. The van der Waals surface area contributed by atoms with Crippen LogP contribution >= 0.6 is 0 Å². The maximum atomic E-state index is 6.12. The van der Waals surface area contributed by atoms with Crippen LogP contribution in [0, 0.1) is 0 Å². The van der Waals surface area contributed by atoms with Crippen LogP contribution in [-0.4, -0.2) is 24.4 Å². The van der Waals surface area contributed by atoms with Crippen LogP contribution in [0.5, 0.6) is 0 Å². The van der Waals surface area contributed by atoms with Gasteiger partial charge in [-0.05, 0) is 12.8 Å². The van der Waals surface area contributed by atoms with Crippen LogP contribution in [0.25, 0.3) is 0 Å². The Morgan fingerprint density at radius 1 is 1.35 bits per heavy atom. The number of hydrogen-bond donors (Lipinski definition) is 1. The van der Waals surface area contributed by atoms with Gasteiger partial charge < -0.3 is 19.7 Å². The Bertz CT molecular complexity index is 321. The van der Waals surface area contributed by atoms with Crippen LogP contribution in [0.4, 0.5) is 0 Å². The predicted octanol–water partition coefficient (Wildman–Crippen LogP) is 1.86. The van der Waals surface area contributed by atoms with Gasteiger partial charge in [0, 0.05) is 18.7 Å². The molecule has 0 radical (unpaired) electrons. The van der Waals surface area contributed by atoms with Gasteiger partial charge in [0.15, 0.2) is 5.76 Å². The molecule has 1 aromatic heterocycles. The van der Waals surface area contributed by atoms with Crippen molar-refractivity contribution in [3.63, 3.8) is 0 Å². The van der Waals surface area contributed by atoms with Gasteiger partial charge in [0.2, 0.25) is 0 Å². The third kappa shape index (κ3) is 4.46. The Balaban J connectivity index is 2.34. The zero-order chi connectivity index (χ0) is 12.7. The Morgan fingerprint density at radius 3 is 2.65 bits per heavy atom. The molecule has 0 aromatic carbocycles. The maximum absolute atomic E-state index is 6.12. The van der Waals surface area contributed by atoms with Crippen molar-refractivity contribution in [2.75, 3.05) is 13.7 Å². The van der Waals surface area contributed by atoms with Gasteiger partial charge in [-0.3, -0.25) is 0 Å². The van der Waals surface area contributed by atoms with Crippen molar-refractivity contribution in [3.8, 4) is 0 Å². The zero-order valence-electron chi connectivity index (χ0n) is 10.9. The molecule has 0 unspecified atom stereocenters. The zero-order valence-corrected chi connectivity index (χ0v) is 10.9. The van der Waals surface area contributed by atoms with Crippen LogP contribution in [0.15, 0.2) is 10.6 Å². The minimum absolute atomic E-state index is 0.237. The lowest BCUT2D eigenvalue weighted by atomic mass is 9.96. The molecule has 17 heavy (non-hydrogen) atoms. The van der Waals surface area contributed by atoms with Crippen LogP contribution in [0.1, 0.15) is 38.1 Å². The van der Waals surface area contributed by atoms with Crippen molar-refractivity contribution in [2.45, 2.75) is 45.4 Å². The highest BCUT2D eigenvalue weighted by Gasteiger charge is 2.20. The summed E-state index contributed by atoms with van der Waals surface area (Å²) >= 11 is 0. The molecule has 0 bridgehead atoms. The summed E-state index contributed by atoms with van der Waals surface area (Å²) in [6.07, 6.45) is 1.80. The molecule has 0 saturated carbocycles. The van der Waals surface area contributed by atoms with E-state index in [9.17, 15) is 0 Å². The number of hydrogen-bond acceptors (Lipinski definition) is 5. The molecule has 0 fully saturated rings. The van der Waals surface area contributed by atoms with E-state index in [1.165, 1.54) is 0 Å². The van der Waals surface area contributed by atoms with E-state index in [2.05, 4.69) is 19.0 Å². The molecule has 0 amide bonds. The van der Waals surface area contributed by atoms with Gasteiger partial charge in [-0.15, -0.1) is 0 Å². The molecule has 1 rings (SSSR count). The number of aromatic nitrogens is 1. The van der Waals surface area contributed by atoms with Gasteiger partial charge in [0.05, 0.1) is 13.2 Å². The predicted molar refractivity (Wildman–Crippen MR) is 64.4 cm³/mol. The third-order valence-electron chi connectivity index (χ3n) is 2.94. The monoisotopic (exact) mass is 242 g/mol. The molecular formula is C12H22N2O3. The van der Waals surface area contributed by atoms with Gasteiger partial charge in [0.25, 0.3) is 0 Å². The molecule has 1 aromatic rings. The summed E-state index contributed by atoms with van der Waals surface area (Å²) in [4.78, 5) is 0. The Morgan fingerprint density at radius 2 is 2.06 bits per heavy atom. The van der Waals surface area contributed by atoms with E-state index in [0.717, 1.165) is 18.5 Å². The fourth-order valence-electron chi connectivity index (χ4n) is 1.45. The molecule has 5 heteroatoms. The normalized spacial score (nSPS) is 12.0. The number of methoxy groups -OCH3 is 1. The van der Waals surface area contributed by atoms with E-state index in [-0.39, 0.29) is 5.54 Å². The first-order valence-electron chi connectivity index (χ1n) is 5.93. The van der Waals surface area contributed by atoms with Crippen LogP contribution < -0.4 is 5.73 Å². The topological polar surface area (TPSA) is 70.5 Å². The highest BCUT2D eigenvalue weighted by molar-refractivity contribution is 5.03. The molecular weight excluding hydrogens is 220 g/mol. The summed E-state index contributed by atoms with van der Waals surface area (Å²) < 4.78 is 15.6. The van der Waals surface area contributed by atoms with Crippen LogP contribution in [0.3, 0.4) is 0 Å². The summed E-state index contributed by atoms with van der Waals surface area (Å²) in [6.45, 7) is 5.52. The summed E-state index contributed by atoms with van der Waals surface area (Å²) in [5, 5.41) is 3.89. The summed E-state index contributed by atoms with van der Waals surface area (Å²) in [5.41, 5.74) is 6.66. The molecule has 0 aliphatic rings. The second-order valence-electron chi connectivity index (χ2n) is 4.28. The van der Waals surface area contributed by atoms with Crippen LogP contribution in [-0.2, 0) is 22.7 Å². The van der Waals surface area contributed by atoms with E-state index in [1.807, 2.05) is 6.07 Å². The second-order valence-corrected chi connectivity index (χ2v) is 4.28. The van der Waals surface area contributed by atoms with Gasteiger partial charge in [-0.2, -0.15) is 0 Å². The fourth-order valence-corrected chi connectivity index (χ4v) is 1.45. The Hall–Kier alpha value is -0.910. The van der Waals surface area contributed by atoms with Gasteiger partial charge in [-0.25, -0.2) is 0 Å². The minimum atomic E-state index is -0.237. The summed E-state index contributed by atoms with van der Waals surface area (Å²) in [7, 11) is 1.62. The first-order valence-corrected chi connectivity index (χ1v) is 5.93. The number of nitrogens with zero attached hydrogens (tertiary/aromatic N) is 1. The molecule has 0 spiro atoms. The Kier molecular flexibility index (Phi) is 5.61. The summed E-state index contributed by atoms with van der Waals surface area (Å²) in [6, 6.07) is 1.83. The highest BCUT2D eigenvalue weighted by Crippen LogP contribution is 2.13. The van der Waals surface area contributed by atoms with Crippen molar-refractivity contribution in [1.82, 2.24) is 5.16 Å². The average molecular weight is 242 g/mol. The maximum Gasteiger partial charge on any atom is 0.162 e.